The second kappa shape index (κ2) is 7.68. The molecule has 1 saturated heterocycles. The molecule has 0 spiro atoms. The Bertz CT molecular complexity index is 442. The predicted molar refractivity (Wildman–Crippen MR) is 89.2 cm³/mol. The average Bonchev–Trinajstić information content (AvgIpc) is 3.06. The number of rotatable bonds is 8. The van der Waals surface area contributed by atoms with Crippen LogP contribution in [-0.2, 0) is 18.7 Å². The smallest absolute Gasteiger partial charge is 0.190 e. The summed E-state index contributed by atoms with van der Waals surface area (Å²) in [6, 6.07) is 0. The van der Waals surface area contributed by atoms with E-state index in [1.54, 1.807) is 0 Å². The lowest BCUT2D eigenvalue weighted by molar-refractivity contribution is -0.182. The largest absolute Gasteiger partial charge is 0.412 e. The Morgan fingerprint density at radius 1 is 1.27 bits per heavy atom. The molecule has 22 heavy (non-hydrogen) atoms. The highest BCUT2D eigenvalue weighted by Gasteiger charge is 2.37. The Hall–Kier alpha value is -0.753. The van der Waals surface area contributed by atoms with E-state index in [4.69, 9.17) is 13.9 Å². The van der Waals surface area contributed by atoms with Gasteiger partial charge in [-0.25, -0.2) is 0 Å². The molecule has 1 aliphatic carbocycles. The number of hydrogen-bond donors (Lipinski definition) is 0. The minimum absolute atomic E-state index is 0.298. The van der Waals surface area contributed by atoms with Crippen molar-refractivity contribution < 1.29 is 18.7 Å². The maximum Gasteiger partial charge on any atom is 0.190 e. The van der Waals surface area contributed by atoms with E-state index >= 15 is 0 Å². The number of allylic oxidation sites excluding steroid dienone is 4. The first kappa shape index (κ1) is 17.6. The van der Waals surface area contributed by atoms with Crippen molar-refractivity contribution in [1.29, 1.82) is 0 Å². The van der Waals surface area contributed by atoms with Crippen molar-refractivity contribution in [2.45, 2.75) is 57.5 Å². The third kappa shape index (κ3) is 5.46. The molecule has 4 nitrogen and oxygen atoms in total. The average molecular weight is 324 g/mol. The minimum atomic E-state index is -1.57. The van der Waals surface area contributed by atoms with Crippen molar-refractivity contribution in [3.8, 4) is 0 Å². The standard InChI is InChI=1S/C17H28O4Si/c1-22(2,3)21-14-17(19-12-13-20-17)11-6-4-5-8-15-9-7-10-16(15)18/h4-5,9H,6-8,10-14H2,1-3H3. The number of hydrogen-bond acceptors (Lipinski definition) is 4. The van der Waals surface area contributed by atoms with Gasteiger partial charge in [-0.2, -0.15) is 0 Å². The summed E-state index contributed by atoms with van der Waals surface area (Å²) in [6.07, 6.45) is 10.3. The molecule has 0 bridgehead atoms. The van der Waals surface area contributed by atoms with Crippen LogP contribution in [0.2, 0.25) is 19.6 Å². The van der Waals surface area contributed by atoms with Crippen LogP contribution in [0.25, 0.3) is 0 Å². The summed E-state index contributed by atoms with van der Waals surface area (Å²) < 4.78 is 17.6. The number of carbonyl (C=O) groups is 1. The molecule has 1 fully saturated rings. The summed E-state index contributed by atoms with van der Waals surface area (Å²) in [4.78, 5) is 11.5. The Labute approximate surface area is 134 Å². The van der Waals surface area contributed by atoms with Gasteiger partial charge in [0.05, 0.1) is 19.8 Å². The fraction of sp³-hybridized carbons (Fsp3) is 0.706. The Balaban J connectivity index is 1.76. The second-order valence-corrected chi connectivity index (χ2v) is 11.4. The van der Waals surface area contributed by atoms with Gasteiger partial charge in [0.2, 0.25) is 0 Å². The first-order valence-corrected chi connectivity index (χ1v) is 11.6. The monoisotopic (exact) mass is 324 g/mol. The van der Waals surface area contributed by atoms with Crippen LogP contribution in [0.1, 0.15) is 32.1 Å². The fourth-order valence-electron chi connectivity index (χ4n) is 2.60. The van der Waals surface area contributed by atoms with Crippen LogP contribution < -0.4 is 0 Å². The number of ether oxygens (including phenoxy) is 2. The molecule has 1 aliphatic heterocycles. The highest BCUT2D eigenvalue weighted by molar-refractivity contribution is 6.69. The number of ketones is 1. The molecule has 0 aromatic rings. The summed E-state index contributed by atoms with van der Waals surface area (Å²) in [5.74, 6) is -0.278. The normalized spacial score (nSPS) is 21.8. The van der Waals surface area contributed by atoms with Crippen LogP contribution in [0.4, 0.5) is 0 Å². The van der Waals surface area contributed by atoms with Gasteiger partial charge in [-0.3, -0.25) is 4.79 Å². The van der Waals surface area contributed by atoms with Crippen molar-refractivity contribution in [1.82, 2.24) is 0 Å². The molecular formula is C17H28O4Si. The molecule has 0 aromatic heterocycles. The summed E-state index contributed by atoms with van der Waals surface area (Å²) in [6.45, 7) is 8.30. The van der Waals surface area contributed by atoms with Gasteiger partial charge >= 0.3 is 0 Å². The van der Waals surface area contributed by atoms with Crippen LogP contribution >= 0.6 is 0 Å². The van der Waals surface area contributed by atoms with Gasteiger partial charge in [0.1, 0.15) is 0 Å². The van der Waals surface area contributed by atoms with E-state index in [1.807, 2.05) is 0 Å². The third-order valence-electron chi connectivity index (χ3n) is 3.86. The van der Waals surface area contributed by atoms with Crippen LogP contribution in [0.3, 0.4) is 0 Å². The molecule has 0 N–H and O–H groups in total. The van der Waals surface area contributed by atoms with E-state index in [-0.39, 0.29) is 0 Å². The molecular weight excluding hydrogens is 296 g/mol. The first-order chi connectivity index (χ1) is 10.4. The highest BCUT2D eigenvalue weighted by atomic mass is 28.4. The predicted octanol–water partition coefficient (Wildman–Crippen LogP) is 3.60. The van der Waals surface area contributed by atoms with Crippen molar-refractivity contribution in [3.05, 3.63) is 23.8 Å². The molecule has 0 unspecified atom stereocenters. The first-order valence-electron chi connectivity index (χ1n) is 8.19. The summed E-state index contributed by atoms with van der Waals surface area (Å²) in [5, 5.41) is 0. The van der Waals surface area contributed by atoms with E-state index in [9.17, 15) is 4.79 Å². The topological polar surface area (TPSA) is 44.8 Å². The minimum Gasteiger partial charge on any atom is -0.412 e. The summed E-state index contributed by atoms with van der Waals surface area (Å²) in [7, 11) is -1.57. The quantitative estimate of drug-likeness (QED) is 0.505. The van der Waals surface area contributed by atoms with Gasteiger partial charge in [-0.15, -0.1) is 0 Å². The lowest BCUT2D eigenvalue weighted by Gasteiger charge is -2.30. The van der Waals surface area contributed by atoms with E-state index in [1.165, 1.54) is 0 Å². The highest BCUT2D eigenvalue weighted by Crippen LogP contribution is 2.27. The van der Waals surface area contributed by atoms with Crippen LogP contribution in [0.5, 0.6) is 0 Å². The summed E-state index contributed by atoms with van der Waals surface area (Å²) in [5.41, 5.74) is 0.960. The van der Waals surface area contributed by atoms with Crippen LogP contribution in [0.15, 0.2) is 23.8 Å². The van der Waals surface area contributed by atoms with Gasteiger partial charge in [-0.05, 0) is 44.5 Å². The number of carbonyl (C=O) groups excluding carboxylic acids is 1. The zero-order valence-corrected chi connectivity index (χ0v) is 15.0. The molecule has 0 saturated carbocycles. The van der Waals surface area contributed by atoms with Gasteiger partial charge in [0.15, 0.2) is 19.9 Å². The molecule has 1 heterocycles. The Morgan fingerprint density at radius 3 is 2.59 bits per heavy atom. The van der Waals surface area contributed by atoms with Crippen LogP contribution in [-0.4, -0.2) is 39.7 Å². The van der Waals surface area contributed by atoms with Crippen molar-refractivity contribution in [2.24, 2.45) is 0 Å². The van der Waals surface area contributed by atoms with E-state index in [2.05, 4.69) is 37.9 Å². The zero-order valence-electron chi connectivity index (χ0n) is 14.0. The van der Waals surface area contributed by atoms with Crippen molar-refractivity contribution in [3.63, 3.8) is 0 Å². The maximum absolute atomic E-state index is 11.5. The van der Waals surface area contributed by atoms with E-state index in [0.29, 0.717) is 32.0 Å². The Morgan fingerprint density at radius 2 is 2.00 bits per heavy atom. The van der Waals surface area contributed by atoms with Gasteiger partial charge in [0.25, 0.3) is 0 Å². The lowest BCUT2D eigenvalue weighted by atomic mass is 10.1. The van der Waals surface area contributed by atoms with Gasteiger partial charge in [-0.1, -0.05) is 18.2 Å². The third-order valence-corrected chi connectivity index (χ3v) is 4.87. The molecule has 0 aromatic carbocycles. The number of Topliss-reactive ketones (excluding diaryl/α,β-unsaturated/α-hetero) is 1. The Kier molecular flexibility index (Phi) is 6.14. The lowest BCUT2D eigenvalue weighted by Crippen LogP contribution is -2.40. The van der Waals surface area contributed by atoms with E-state index < -0.39 is 14.1 Å². The zero-order chi connectivity index (χ0) is 16.1. The molecule has 0 amide bonds. The van der Waals surface area contributed by atoms with Crippen molar-refractivity contribution >= 4 is 14.1 Å². The molecule has 0 radical (unpaired) electrons. The van der Waals surface area contributed by atoms with Crippen LogP contribution in [0, 0.1) is 0 Å². The van der Waals surface area contributed by atoms with Crippen molar-refractivity contribution in [2.75, 3.05) is 19.8 Å². The van der Waals surface area contributed by atoms with E-state index in [0.717, 1.165) is 31.3 Å². The molecule has 2 rings (SSSR count). The summed E-state index contributed by atoms with van der Waals surface area (Å²) >= 11 is 0. The van der Waals surface area contributed by atoms with Gasteiger partial charge in [0, 0.05) is 12.8 Å². The van der Waals surface area contributed by atoms with Gasteiger partial charge < -0.3 is 13.9 Å². The molecule has 2 aliphatic rings. The fourth-order valence-corrected chi connectivity index (χ4v) is 3.26. The SMILES string of the molecule is C[Si](C)(C)OCC1(CCC=CCC2=CCCC2=O)OCCO1. The molecule has 124 valence electrons. The second-order valence-electron chi connectivity index (χ2n) is 6.91. The molecule has 0 atom stereocenters. The molecule has 5 heteroatoms. The maximum atomic E-state index is 11.5.